The molecular weight excluding hydrogens is 358 g/mol. The summed E-state index contributed by atoms with van der Waals surface area (Å²) < 4.78 is 10.1. The zero-order chi connectivity index (χ0) is 20.1. The number of non-ortho nitro benzene ring substituents is 1. The van der Waals surface area contributed by atoms with Gasteiger partial charge in [0.05, 0.1) is 10.6 Å². The van der Waals surface area contributed by atoms with Crippen molar-refractivity contribution in [1.82, 2.24) is 5.32 Å². The number of benzene rings is 1. The summed E-state index contributed by atoms with van der Waals surface area (Å²) in [6, 6.07) is 3.67. The van der Waals surface area contributed by atoms with E-state index in [4.69, 9.17) is 9.47 Å². The normalized spacial score (nSPS) is 14.2. The first-order valence-electron chi connectivity index (χ1n) is 8.35. The smallest absolute Gasteiger partial charge is 0.326 e. The third-order valence-corrected chi connectivity index (χ3v) is 4.14. The first-order chi connectivity index (χ1) is 12.7. The van der Waals surface area contributed by atoms with E-state index in [0.29, 0.717) is 0 Å². The van der Waals surface area contributed by atoms with Crippen LogP contribution in [0.3, 0.4) is 0 Å². The van der Waals surface area contributed by atoms with E-state index in [9.17, 15) is 24.5 Å². The van der Waals surface area contributed by atoms with E-state index in [1.54, 1.807) is 0 Å². The van der Waals surface area contributed by atoms with Crippen molar-refractivity contribution in [2.45, 2.75) is 26.8 Å². The molecule has 0 aliphatic carbocycles. The molecule has 1 aromatic rings. The number of anilines is 1. The van der Waals surface area contributed by atoms with Crippen LogP contribution in [-0.2, 0) is 19.1 Å². The molecule has 0 saturated heterocycles. The Balaban J connectivity index is 2.01. The minimum absolute atomic E-state index is 0.0792. The Morgan fingerprint density at radius 1 is 1.37 bits per heavy atom. The molecule has 0 aromatic heterocycles. The summed E-state index contributed by atoms with van der Waals surface area (Å²) in [6.07, 6.45) is 0. The number of carbonyl (C=O) groups is 3. The maximum atomic E-state index is 12.1. The lowest BCUT2D eigenvalue weighted by Crippen LogP contribution is -2.43. The Bertz CT molecular complexity index is 763. The maximum absolute atomic E-state index is 12.1. The third kappa shape index (κ3) is 5.16. The van der Waals surface area contributed by atoms with Crippen LogP contribution in [0.25, 0.3) is 0 Å². The fraction of sp³-hybridized carbons (Fsp3) is 0.471. The van der Waals surface area contributed by atoms with Gasteiger partial charge in [0, 0.05) is 18.2 Å². The summed E-state index contributed by atoms with van der Waals surface area (Å²) in [4.78, 5) is 47.3. The van der Waals surface area contributed by atoms with Crippen molar-refractivity contribution in [2.75, 3.05) is 24.7 Å². The van der Waals surface area contributed by atoms with Crippen molar-refractivity contribution in [1.29, 1.82) is 0 Å². The predicted molar refractivity (Wildman–Crippen MR) is 94.3 cm³/mol. The molecule has 0 spiro atoms. The Morgan fingerprint density at radius 3 is 2.70 bits per heavy atom. The third-order valence-electron chi connectivity index (χ3n) is 4.14. The van der Waals surface area contributed by atoms with Crippen molar-refractivity contribution >= 4 is 29.2 Å². The van der Waals surface area contributed by atoms with E-state index in [0.717, 1.165) is 11.0 Å². The molecule has 1 aliphatic rings. The molecule has 2 rings (SSSR count). The zero-order valence-electron chi connectivity index (χ0n) is 15.3. The van der Waals surface area contributed by atoms with Gasteiger partial charge in [0.25, 0.3) is 17.5 Å². The predicted octanol–water partition coefficient (Wildman–Crippen LogP) is 1.02. The minimum Gasteiger partial charge on any atom is -0.482 e. The number of carbonyl (C=O) groups excluding carboxylic acids is 3. The number of nitro benzene ring substituents is 1. The zero-order valence-corrected chi connectivity index (χ0v) is 15.3. The van der Waals surface area contributed by atoms with Gasteiger partial charge < -0.3 is 14.8 Å². The van der Waals surface area contributed by atoms with E-state index in [-0.39, 0.29) is 35.7 Å². The molecule has 1 atom stereocenters. The number of esters is 1. The molecule has 146 valence electrons. The van der Waals surface area contributed by atoms with E-state index in [1.807, 2.05) is 20.8 Å². The van der Waals surface area contributed by atoms with Crippen LogP contribution in [0.2, 0.25) is 0 Å². The van der Waals surface area contributed by atoms with Crippen LogP contribution < -0.4 is 15.0 Å². The summed E-state index contributed by atoms with van der Waals surface area (Å²) in [5, 5.41) is 13.6. The second-order valence-corrected chi connectivity index (χ2v) is 6.44. The van der Waals surface area contributed by atoms with Crippen molar-refractivity contribution < 1.29 is 28.8 Å². The second kappa shape index (κ2) is 8.47. The molecule has 1 aliphatic heterocycles. The van der Waals surface area contributed by atoms with Gasteiger partial charge in [-0.2, -0.15) is 0 Å². The second-order valence-electron chi connectivity index (χ2n) is 6.44. The average Bonchev–Trinajstić information content (AvgIpc) is 2.61. The van der Waals surface area contributed by atoms with Crippen LogP contribution in [0.4, 0.5) is 11.4 Å². The quantitative estimate of drug-likeness (QED) is 0.425. The summed E-state index contributed by atoms with van der Waals surface area (Å²) in [6.45, 7) is 4.46. The van der Waals surface area contributed by atoms with Crippen LogP contribution in [0, 0.1) is 16.0 Å². The van der Waals surface area contributed by atoms with Crippen LogP contribution in [0.5, 0.6) is 5.75 Å². The summed E-state index contributed by atoms with van der Waals surface area (Å²) >= 11 is 0. The Morgan fingerprint density at radius 2 is 2.07 bits per heavy atom. The van der Waals surface area contributed by atoms with Crippen LogP contribution in [-0.4, -0.2) is 48.5 Å². The molecule has 1 aromatic carbocycles. The number of rotatable bonds is 7. The van der Waals surface area contributed by atoms with E-state index < -0.39 is 35.9 Å². The fourth-order valence-corrected chi connectivity index (χ4v) is 2.26. The highest BCUT2D eigenvalue weighted by Gasteiger charge is 2.29. The molecule has 1 N–H and O–H groups in total. The fourth-order valence-electron chi connectivity index (χ4n) is 2.26. The number of hydrogen-bond donors (Lipinski definition) is 1. The number of hydrogen-bond acceptors (Lipinski definition) is 7. The van der Waals surface area contributed by atoms with Gasteiger partial charge in [-0.05, 0) is 18.9 Å². The first-order valence-corrected chi connectivity index (χ1v) is 8.35. The largest absolute Gasteiger partial charge is 0.482 e. The van der Waals surface area contributed by atoms with Crippen LogP contribution in [0.15, 0.2) is 18.2 Å². The average molecular weight is 379 g/mol. The van der Waals surface area contributed by atoms with Gasteiger partial charge in [0.2, 0.25) is 0 Å². The maximum Gasteiger partial charge on any atom is 0.326 e. The first kappa shape index (κ1) is 20.1. The topological polar surface area (TPSA) is 128 Å². The van der Waals surface area contributed by atoms with Crippen molar-refractivity contribution in [3.63, 3.8) is 0 Å². The highest BCUT2D eigenvalue weighted by Crippen LogP contribution is 2.35. The Labute approximate surface area is 155 Å². The lowest BCUT2D eigenvalue weighted by molar-refractivity contribution is -0.384. The number of nitrogens with zero attached hydrogens (tertiary/aromatic N) is 2. The van der Waals surface area contributed by atoms with Gasteiger partial charge in [-0.15, -0.1) is 0 Å². The van der Waals surface area contributed by atoms with Crippen LogP contribution in [0.1, 0.15) is 20.8 Å². The number of nitro groups is 1. The lowest BCUT2D eigenvalue weighted by Gasteiger charge is -2.28. The van der Waals surface area contributed by atoms with Crippen molar-refractivity contribution in [2.24, 2.45) is 5.92 Å². The van der Waals surface area contributed by atoms with Gasteiger partial charge >= 0.3 is 5.97 Å². The standard InChI is InChI=1S/C17H21N3O7/c1-10(2)11(3)18-15(21)8-27-17(23)7-19-13-6-12(20(24)25)4-5-14(13)26-9-16(19)22/h4-6,10-11H,7-9H2,1-3H3,(H,18,21)/t11-/m0/s1. The molecule has 10 nitrogen and oxygen atoms in total. The van der Waals surface area contributed by atoms with Gasteiger partial charge in [-0.1, -0.05) is 13.8 Å². The Hall–Kier alpha value is -3.17. The highest BCUT2D eigenvalue weighted by atomic mass is 16.6. The van der Waals surface area contributed by atoms with E-state index in [2.05, 4.69) is 5.32 Å². The molecule has 0 unspecified atom stereocenters. The van der Waals surface area contributed by atoms with Gasteiger partial charge in [-0.25, -0.2) is 0 Å². The molecule has 0 saturated carbocycles. The van der Waals surface area contributed by atoms with Gasteiger partial charge in [0.15, 0.2) is 13.2 Å². The summed E-state index contributed by atoms with van der Waals surface area (Å²) in [5.41, 5.74) is -0.136. The molecule has 0 radical (unpaired) electrons. The SMILES string of the molecule is CC(C)[C@H](C)NC(=O)COC(=O)CN1C(=O)COc2ccc([N+](=O)[O-])cc21. The van der Waals surface area contributed by atoms with Crippen molar-refractivity contribution in [3.05, 3.63) is 28.3 Å². The van der Waals surface area contributed by atoms with Gasteiger partial charge in [0.1, 0.15) is 12.3 Å². The molecule has 0 fully saturated rings. The summed E-state index contributed by atoms with van der Waals surface area (Å²) in [5.74, 6) is -1.33. The van der Waals surface area contributed by atoms with Gasteiger partial charge in [-0.3, -0.25) is 29.4 Å². The molecule has 27 heavy (non-hydrogen) atoms. The molecule has 0 bridgehead atoms. The molecule has 10 heteroatoms. The number of nitrogens with one attached hydrogen (secondary N) is 1. The molecule has 2 amide bonds. The minimum atomic E-state index is -0.810. The lowest BCUT2D eigenvalue weighted by atomic mass is 10.1. The van der Waals surface area contributed by atoms with Crippen molar-refractivity contribution in [3.8, 4) is 5.75 Å². The van der Waals surface area contributed by atoms with E-state index in [1.165, 1.54) is 12.1 Å². The molecule has 1 heterocycles. The Kier molecular flexibility index (Phi) is 6.32. The monoisotopic (exact) mass is 379 g/mol. The number of fused-ring (bicyclic) bond motifs is 1. The van der Waals surface area contributed by atoms with Crippen LogP contribution >= 0.6 is 0 Å². The van der Waals surface area contributed by atoms with E-state index >= 15 is 0 Å². The molecular formula is C17H21N3O7. The number of amides is 2. The highest BCUT2D eigenvalue weighted by molar-refractivity contribution is 6.01. The summed E-state index contributed by atoms with van der Waals surface area (Å²) in [7, 11) is 0. The number of ether oxygens (including phenoxy) is 2.